The fourth-order valence-electron chi connectivity index (χ4n) is 2.91. The van der Waals surface area contributed by atoms with E-state index in [0.717, 1.165) is 33.7 Å². The number of nitrogens with zero attached hydrogens (tertiary/aromatic N) is 1. The number of anilines is 1. The van der Waals surface area contributed by atoms with E-state index >= 15 is 0 Å². The Labute approximate surface area is 168 Å². The average Bonchev–Trinajstić information content (AvgIpc) is 3.15. The number of thioether (sulfide) groups is 1. The van der Waals surface area contributed by atoms with Crippen molar-refractivity contribution in [1.82, 2.24) is 4.98 Å². The lowest BCUT2D eigenvalue weighted by molar-refractivity contribution is -0.113. The summed E-state index contributed by atoms with van der Waals surface area (Å²) in [6, 6.07) is 23.7. The van der Waals surface area contributed by atoms with Crippen LogP contribution < -0.4 is 5.32 Å². The third-order valence-corrected chi connectivity index (χ3v) is 5.40. The van der Waals surface area contributed by atoms with Crippen LogP contribution in [0.1, 0.15) is 11.1 Å². The van der Waals surface area contributed by atoms with E-state index in [1.54, 1.807) is 11.8 Å². The van der Waals surface area contributed by atoms with Gasteiger partial charge < -0.3 is 9.73 Å². The van der Waals surface area contributed by atoms with Crippen molar-refractivity contribution < 1.29 is 9.21 Å². The highest BCUT2D eigenvalue weighted by atomic mass is 32.2. The van der Waals surface area contributed by atoms with Crippen molar-refractivity contribution >= 4 is 34.5 Å². The maximum Gasteiger partial charge on any atom is 0.234 e. The monoisotopic (exact) mass is 388 g/mol. The van der Waals surface area contributed by atoms with E-state index < -0.39 is 0 Å². The topological polar surface area (TPSA) is 55.1 Å². The number of aryl methyl sites for hydroxylation is 1. The third-order valence-electron chi connectivity index (χ3n) is 4.40. The third kappa shape index (κ3) is 4.26. The van der Waals surface area contributed by atoms with Crippen LogP contribution in [-0.2, 0) is 10.5 Å². The molecule has 1 heterocycles. The molecule has 0 aliphatic rings. The molecule has 5 heteroatoms. The zero-order valence-electron chi connectivity index (χ0n) is 15.5. The van der Waals surface area contributed by atoms with Gasteiger partial charge >= 0.3 is 0 Å². The lowest BCUT2D eigenvalue weighted by atomic mass is 10.1. The number of hydrogen-bond donors (Lipinski definition) is 1. The van der Waals surface area contributed by atoms with Gasteiger partial charge in [-0.15, -0.1) is 11.8 Å². The minimum atomic E-state index is -0.0150. The molecule has 4 nitrogen and oxygen atoms in total. The molecule has 0 atom stereocenters. The number of carbonyl (C=O) groups is 1. The number of hydrogen-bond acceptors (Lipinski definition) is 4. The number of amides is 1. The Morgan fingerprint density at radius 2 is 1.82 bits per heavy atom. The maximum absolute atomic E-state index is 12.4. The van der Waals surface area contributed by atoms with Crippen LogP contribution in [0.5, 0.6) is 0 Å². The van der Waals surface area contributed by atoms with E-state index in [1.807, 2.05) is 67.6 Å². The molecule has 140 valence electrons. The molecule has 4 aromatic rings. The molecule has 0 fully saturated rings. The fraction of sp³-hybridized carbons (Fsp3) is 0.130. The number of nitrogens with one attached hydrogen (secondary N) is 1. The van der Waals surface area contributed by atoms with Crippen molar-refractivity contribution in [3.05, 3.63) is 83.9 Å². The SMILES string of the molecule is Cc1ccc(-c2nc3ccccc3o2)cc1NC(=O)CSCc1ccccc1. The zero-order chi connectivity index (χ0) is 19.3. The molecule has 0 spiro atoms. The highest BCUT2D eigenvalue weighted by Gasteiger charge is 2.11. The van der Waals surface area contributed by atoms with Crippen molar-refractivity contribution in [3.63, 3.8) is 0 Å². The molecule has 28 heavy (non-hydrogen) atoms. The summed E-state index contributed by atoms with van der Waals surface area (Å²) in [6.07, 6.45) is 0. The van der Waals surface area contributed by atoms with Crippen molar-refractivity contribution in [2.75, 3.05) is 11.1 Å². The normalized spacial score (nSPS) is 10.9. The molecule has 1 aromatic heterocycles. The summed E-state index contributed by atoms with van der Waals surface area (Å²) in [6.45, 7) is 1.97. The van der Waals surface area contributed by atoms with Gasteiger partial charge in [0.05, 0.1) is 5.75 Å². The first-order valence-corrected chi connectivity index (χ1v) is 10.2. The van der Waals surface area contributed by atoms with E-state index in [0.29, 0.717) is 11.6 Å². The van der Waals surface area contributed by atoms with Crippen molar-refractivity contribution in [1.29, 1.82) is 0 Å². The second-order valence-electron chi connectivity index (χ2n) is 6.54. The zero-order valence-corrected chi connectivity index (χ0v) is 16.3. The molecule has 3 aromatic carbocycles. The van der Waals surface area contributed by atoms with Gasteiger partial charge in [-0.05, 0) is 42.3 Å². The van der Waals surface area contributed by atoms with E-state index in [4.69, 9.17) is 4.42 Å². The maximum atomic E-state index is 12.4. The molecule has 0 saturated heterocycles. The molecule has 0 bridgehead atoms. The van der Waals surface area contributed by atoms with Crippen LogP contribution in [0, 0.1) is 6.92 Å². The second-order valence-corrected chi connectivity index (χ2v) is 7.53. The van der Waals surface area contributed by atoms with Crippen LogP contribution >= 0.6 is 11.8 Å². The van der Waals surface area contributed by atoms with Gasteiger partial charge in [-0.25, -0.2) is 4.98 Å². The molecule has 0 unspecified atom stereocenters. The molecular weight excluding hydrogens is 368 g/mol. The Morgan fingerprint density at radius 1 is 1.04 bits per heavy atom. The molecule has 0 saturated carbocycles. The van der Waals surface area contributed by atoms with Gasteiger partial charge in [-0.1, -0.05) is 48.5 Å². The van der Waals surface area contributed by atoms with E-state index in [-0.39, 0.29) is 5.91 Å². The Morgan fingerprint density at radius 3 is 2.64 bits per heavy atom. The number of rotatable bonds is 6. The van der Waals surface area contributed by atoms with Crippen LogP contribution in [0.4, 0.5) is 5.69 Å². The van der Waals surface area contributed by atoms with Crippen molar-refractivity contribution in [2.24, 2.45) is 0 Å². The first-order valence-electron chi connectivity index (χ1n) is 9.07. The van der Waals surface area contributed by atoms with E-state index in [9.17, 15) is 4.79 Å². The quantitative estimate of drug-likeness (QED) is 0.462. The molecule has 1 amide bonds. The number of oxazole rings is 1. The first-order chi connectivity index (χ1) is 13.7. The summed E-state index contributed by atoms with van der Waals surface area (Å²) in [4.78, 5) is 16.9. The Hall–Kier alpha value is -3.05. The number of aromatic nitrogens is 1. The first kappa shape index (κ1) is 18.3. The highest BCUT2D eigenvalue weighted by molar-refractivity contribution is 7.99. The summed E-state index contributed by atoms with van der Waals surface area (Å²) < 4.78 is 5.84. The minimum absolute atomic E-state index is 0.0150. The van der Waals surface area contributed by atoms with Crippen molar-refractivity contribution in [2.45, 2.75) is 12.7 Å². The van der Waals surface area contributed by atoms with E-state index in [2.05, 4.69) is 22.4 Å². The van der Waals surface area contributed by atoms with Crippen LogP contribution in [0.25, 0.3) is 22.6 Å². The van der Waals surface area contributed by atoms with Crippen LogP contribution in [-0.4, -0.2) is 16.6 Å². The van der Waals surface area contributed by atoms with Crippen molar-refractivity contribution in [3.8, 4) is 11.5 Å². The largest absolute Gasteiger partial charge is 0.436 e. The molecule has 0 aliphatic carbocycles. The summed E-state index contributed by atoms with van der Waals surface area (Å²) in [7, 11) is 0. The molecule has 1 N–H and O–H groups in total. The minimum Gasteiger partial charge on any atom is -0.436 e. The molecule has 4 rings (SSSR count). The molecule has 0 aliphatic heterocycles. The van der Waals surface area contributed by atoms with E-state index in [1.165, 1.54) is 5.56 Å². The number of fused-ring (bicyclic) bond motifs is 1. The van der Waals surface area contributed by atoms with Crippen LogP contribution in [0.3, 0.4) is 0 Å². The Kier molecular flexibility index (Phi) is 5.44. The molecule has 0 radical (unpaired) electrons. The predicted octanol–water partition coefficient (Wildman–Crippen LogP) is 5.68. The van der Waals surface area contributed by atoms with Gasteiger partial charge in [0.25, 0.3) is 0 Å². The van der Waals surface area contributed by atoms with Gasteiger partial charge in [-0.2, -0.15) is 0 Å². The standard InChI is InChI=1S/C23H20N2O2S/c1-16-11-12-18(23-25-19-9-5-6-10-21(19)27-23)13-20(16)24-22(26)15-28-14-17-7-3-2-4-8-17/h2-13H,14-15H2,1H3,(H,24,26). The summed E-state index contributed by atoms with van der Waals surface area (Å²) in [5.41, 5.74) is 5.41. The van der Waals surface area contributed by atoms with Gasteiger partial charge in [0.1, 0.15) is 5.52 Å². The lowest BCUT2D eigenvalue weighted by Crippen LogP contribution is -2.15. The van der Waals surface area contributed by atoms with Crippen LogP contribution in [0.2, 0.25) is 0 Å². The van der Waals surface area contributed by atoms with Gasteiger partial charge in [0.2, 0.25) is 11.8 Å². The average molecular weight is 388 g/mol. The summed E-state index contributed by atoms with van der Waals surface area (Å²) in [5.74, 6) is 1.76. The van der Waals surface area contributed by atoms with Crippen LogP contribution in [0.15, 0.2) is 77.2 Å². The van der Waals surface area contributed by atoms with Gasteiger partial charge in [0.15, 0.2) is 5.58 Å². The summed E-state index contributed by atoms with van der Waals surface area (Å²) in [5, 5.41) is 3.01. The second kappa shape index (κ2) is 8.31. The fourth-order valence-corrected chi connectivity index (χ4v) is 3.70. The summed E-state index contributed by atoms with van der Waals surface area (Å²) >= 11 is 1.60. The predicted molar refractivity (Wildman–Crippen MR) is 115 cm³/mol. The van der Waals surface area contributed by atoms with Gasteiger partial charge in [-0.3, -0.25) is 4.79 Å². The van der Waals surface area contributed by atoms with Gasteiger partial charge in [0, 0.05) is 17.0 Å². The number of para-hydroxylation sites is 2. The molecular formula is C23H20N2O2S. The Bertz CT molecular complexity index is 1070. The lowest BCUT2D eigenvalue weighted by Gasteiger charge is -2.09. The Balaban J connectivity index is 1.44. The number of carbonyl (C=O) groups excluding carboxylic acids is 1. The highest BCUT2D eigenvalue weighted by Crippen LogP contribution is 2.28. The smallest absolute Gasteiger partial charge is 0.234 e. The number of benzene rings is 3.